The summed E-state index contributed by atoms with van der Waals surface area (Å²) >= 11 is 5.83. The average molecular weight is 308 g/mol. The van der Waals surface area contributed by atoms with Gasteiger partial charge in [-0.15, -0.1) is 12.4 Å². The van der Waals surface area contributed by atoms with Crippen LogP contribution in [0.15, 0.2) is 18.2 Å². The SMILES string of the molecule is Cc1cc(Cl)ccc1OCC(=O)OCCN(C)C.Cl. The Hall–Kier alpha value is -0.970. The van der Waals surface area contributed by atoms with Crippen LogP contribution >= 0.6 is 24.0 Å². The fourth-order valence-corrected chi connectivity index (χ4v) is 1.52. The molecule has 0 fully saturated rings. The summed E-state index contributed by atoms with van der Waals surface area (Å²) in [5.41, 5.74) is 0.892. The molecule has 1 rings (SSSR count). The van der Waals surface area contributed by atoms with E-state index in [-0.39, 0.29) is 25.0 Å². The topological polar surface area (TPSA) is 38.8 Å². The normalized spacial score (nSPS) is 9.95. The van der Waals surface area contributed by atoms with E-state index in [1.54, 1.807) is 18.2 Å². The molecule has 1 aromatic rings. The van der Waals surface area contributed by atoms with Crippen LogP contribution in [0.2, 0.25) is 5.02 Å². The summed E-state index contributed by atoms with van der Waals surface area (Å²) in [6, 6.07) is 5.25. The number of hydrogen-bond acceptors (Lipinski definition) is 4. The minimum Gasteiger partial charge on any atom is -0.482 e. The van der Waals surface area contributed by atoms with Gasteiger partial charge in [0.05, 0.1) is 0 Å². The Bertz CT molecular complexity index is 411. The average Bonchev–Trinajstić information content (AvgIpc) is 2.27. The number of nitrogens with zero attached hydrogens (tertiary/aromatic N) is 1. The number of hydrogen-bond donors (Lipinski definition) is 0. The van der Waals surface area contributed by atoms with Crippen molar-refractivity contribution in [3.63, 3.8) is 0 Å². The fraction of sp³-hybridized carbons (Fsp3) is 0.462. The maximum Gasteiger partial charge on any atom is 0.344 e. The van der Waals surface area contributed by atoms with Gasteiger partial charge in [-0.3, -0.25) is 0 Å². The maximum absolute atomic E-state index is 11.4. The van der Waals surface area contributed by atoms with Crippen LogP contribution < -0.4 is 4.74 Å². The van der Waals surface area contributed by atoms with Gasteiger partial charge in [-0.25, -0.2) is 4.79 Å². The molecule has 0 spiro atoms. The van der Waals surface area contributed by atoms with Crippen molar-refractivity contribution in [2.24, 2.45) is 0 Å². The smallest absolute Gasteiger partial charge is 0.344 e. The van der Waals surface area contributed by atoms with Crippen LogP contribution in [-0.4, -0.2) is 44.7 Å². The molecule has 0 bridgehead atoms. The summed E-state index contributed by atoms with van der Waals surface area (Å²) in [6.07, 6.45) is 0. The first kappa shape index (κ1) is 18.0. The van der Waals surface area contributed by atoms with Gasteiger partial charge in [-0.2, -0.15) is 0 Å². The van der Waals surface area contributed by atoms with Crippen molar-refractivity contribution in [2.45, 2.75) is 6.92 Å². The Morgan fingerprint density at radius 1 is 1.37 bits per heavy atom. The zero-order chi connectivity index (χ0) is 13.5. The van der Waals surface area contributed by atoms with Crippen LogP contribution in [0.5, 0.6) is 5.75 Å². The Morgan fingerprint density at radius 3 is 2.63 bits per heavy atom. The van der Waals surface area contributed by atoms with Crippen molar-refractivity contribution in [3.05, 3.63) is 28.8 Å². The largest absolute Gasteiger partial charge is 0.482 e. The van der Waals surface area contributed by atoms with E-state index in [0.29, 0.717) is 23.9 Å². The van der Waals surface area contributed by atoms with Gasteiger partial charge >= 0.3 is 5.97 Å². The lowest BCUT2D eigenvalue weighted by atomic mass is 10.2. The number of esters is 1. The number of carbonyl (C=O) groups is 1. The monoisotopic (exact) mass is 307 g/mol. The maximum atomic E-state index is 11.4. The van der Waals surface area contributed by atoms with Crippen molar-refractivity contribution in [1.82, 2.24) is 4.90 Å². The highest BCUT2D eigenvalue weighted by Crippen LogP contribution is 2.21. The lowest BCUT2D eigenvalue weighted by molar-refractivity contribution is -0.146. The van der Waals surface area contributed by atoms with E-state index < -0.39 is 0 Å². The number of benzene rings is 1. The molecule has 0 saturated heterocycles. The zero-order valence-electron chi connectivity index (χ0n) is 11.3. The zero-order valence-corrected chi connectivity index (χ0v) is 12.9. The van der Waals surface area contributed by atoms with Crippen molar-refractivity contribution in [1.29, 1.82) is 0 Å². The predicted molar refractivity (Wildman–Crippen MR) is 78.4 cm³/mol. The number of ether oxygens (including phenoxy) is 2. The molecule has 0 aliphatic rings. The lowest BCUT2D eigenvalue weighted by Crippen LogP contribution is -2.22. The molecule has 6 heteroatoms. The van der Waals surface area contributed by atoms with Crippen LogP contribution in [0.3, 0.4) is 0 Å². The summed E-state index contributed by atoms with van der Waals surface area (Å²) in [5, 5.41) is 0.647. The van der Waals surface area contributed by atoms with E-state index in [0.717, 1.165) is 5.56 Å². The van der Waals surface area contributed by atoms with Gasteiger partial charge in [-0.1, -0.05) is 11.6 Å². The van der Waals surface area contributed by atoms with Crippen molar-refractivity contribution in [2.75, 3.05) is 33.9 Å². The highest BCUT2D eigenvalue weighted by Gasteiger charge is 2.06. The van der Waals surface area contributed by atoms with Crippen LogP contribution in [0.1, 0.15) is 5.56 Å². The Balaban J connectivity index is 0.00000324. The third-order valence-corrected chi connectivity index (χ3v) is 2.52. The second-order valence-electron chi connectivity index (χ2n) is 4.22. The van der Waals surface area contributed by atoms with Crippen LogP contribution in [0.25, 0.3) is 0 Å². The summed E-state index contributed by atoms with van der Waals surface area (Å²) in [7, 11) is 3.84. The van der Waals surface area contributed by atoms with E-state index in [2.05, 4.69) is 0 Å². The second kappa shape index (κ2) is 9.02. The Kier molecular flexibility index (Phi) is 8.56. The van der Waals surface area contributed by atoms with Gasteiger partial charge in [0.15, 0.2) is 6.61 Å². The molecule has 1 aromatic carbocycles. The standard InChI is InChI=1S/C13H18ClNO3.ClH/c1-10-8-11(14)4-5-12(10)18-9-13(16)17-7-6-15(2)3;/h4-5,8H,6-7,9H2,1-3H3;1H. The molecule has 0 saturated carbocycles. The third-order valence-electron chi connectivity index (χ3n) is 2.28. The van der Waals surface area contributed by atoms with E-state index >= 15 is 0 Å². The van der Waals surface area contributed by atoms with Crippen LogP contribution in [0.4, 0.5) is 0 Å². The summed E-state index contributed by atoms with van der Waals surface area (Å²) in [4.78, 5) is 13.3. The van der Waals surface area contributed by atoms with E-state index in [1.807, 2.05) is 25.9 Å². The first-order chi connectivity index (χ1) is 8.49. The summed E-state index contributed by atoms with van der Waals surface area (Å²) in [6.45, 7) is 2.86. The third kappa shape index (κ3) is 7.25. The highest BCUT2D eigenvalue weighted by molar-refractivity contribution is 6.30. The molecule has 0 unspecified atom stereocenters. The van der Waals surface area contributed by atoms with Gasteiger partial charge in [0.2, 0.25) is 0 Å². The number of carbonyl (C=O) groups excluding carboxylic acids is 1. The lowest BCUT2D eigenvalue weighted by Gasteiger charge is -2.11. The highest BCUT2D eigenvalue weighted by atomic mass is 35.5. The fourth-order valence-electron chi connectivity index (χ4n) is 1.30. The summed E-state index contributed by atoms with van der Waals surface area (Å²) in [5.74, 6) is 0.273. The second-order valence-corrected chi connectivity index (χ2v) is 4.66. The molecule has 19 heavy (non-hydrogen) atoms. The van der Waals surface area contributed by atoms with Gasteiger partial charge in [-0.05, 0) is 44.8 Å². The molecule has 0 aliphatic carbocycles. The molecule has 0 aliphatic heterocycles. The van der Waals surface area contributed by atoms with E-state index in [1.165, 1.54) is 0 Å². The van der Waals surface area contributed by atoms with Gasteiger partial charge < -0.3 is 14.4 Å². The quantitative estimate of drug-likeness (QED) is 0.757. The van der Waals surface area contributed by atoms with Crippen LogP contribution in [0, 0.1) is 6.92 Å². The van der Waals surface area contributed by atoms with Gasteiger partial charge in [0.1, 0.15) is 12.4 Å². The molecule has 0 N–H and O–H groups in total. The molecule has 0 heterocycles. The first-order valence-electron chi connectivity index (χ1n) is 5.68. The number of aryl methyl sites for hydroxylation is 1. The number of halogens is 2. The number of likely N-dealkylation sites (N-methyl/N-ethyl adjacent to an activating group) is 1. The first-order valence-corrected chi connectivity index (χ1v) is 6.06. The Labute approximate surface area is 125 Å². The Morgan fingerprint density at radius 2 is 2.05 bits per heavy atom. The molecular weight excluding hydrogens is 289 g/mol. The number of rotatable bonds is 6. The van der Waals surface area contributed by atoms with E-state index in [4.69, 9.17) is 21.1 Å². The molecule has 0 radical (unpaired) electrons. The predicted octanol–water partition coefficient (Wildman–Crippen LogP) is 2.55. The summed E-state index contributed by atoms with van der Waals surface area (Å²) < 4.78 is 10.4. The van der Waals surface area contributed by atoms with Gasteiger partial charge in [0.25, 0.3) is 0 Å². The van der Waals surface area contributed by atoms with Crippen molar-refractivity contribution in [3.8, 4) is 5.75 Å². The molecule has 108 valence electrons. The van der Waals surface area contributed by atoms with Crippen molar-refractivity contribution >= 4 is 30.0 Å². The minimum atomic E-state index is -0.369. The minimum absolute atomic E-state index is 0. The molecule has 0 aromatic heterocycles. The van der Waals surface area contributed by atoms with Gasteiger partial charge in [0, 0.05) is 11.6 Å². The van der Waals surface area contributed by atoms with Crippen LogP contribution in [-0.2, 0) is 9.53 Å². The molecule has 0 amide bonds. The van der Waals surface area contributed by atoms with E-state index in [9.17, 15) is 4.79 Å². The molecule has 0 atom stereocenters. The molecule has 4 nitrogen and oxygen atoms in total. The van der Waals surface area contributed by atoms with Crippen molar-refractivity contribution < 1.29 is 14.3 Å². The molecular formula is C13H19Cl2NO3.